The number of hydrogen-bond acceptors (Lipinski definition) is 3. The topological polar surface area (TPSA) is 81.3 Å². The van der Waals surface area contributed by atoms with E-state index in [0.717, 1.165) is 5.56 Å². The monoisotopic (exact) mass is 205 g/mol. The average Bonchev–Trinajstić information content (AvgIpc) is 2.25. The van der Waals surface area contributed by atoms with Crippen LogP contribution in [0.1, 0.15) is 23.7 Å². The van der Waals surface area contributed by atoms with Crippen molar-refractivity contribution in [2.75, 3.05) is 0 Å². The number of nitriles is 1. The molecular weight excluding hydrogens is 194 g/mol. The fraction of sp³-hybridized carbons (Fsp3) is 0.273. The van der Waals surface area contributed by atoms with Gasteiger partial charge in [-0.25, -0.2) is 4.79 Å². The molecule has 78 valence electrons. The van der Waals surface area contributed by atoms with Crippen LogP contribution in [0, 0.1) is 11.3 Å². The molecule has 0 spiro atoms. The predicted octanol–water partition coefficient (Wildman–Crippen LogP) is 1.26. The molecule has 1 unspecified atom stereocenters. The van der Waals surface area contributed by atoms with Crippen molar-refractivity contribution in [1.29, 1.82) is 5.26 Å². The molecule has 4 heteroatoms. The van der Waals surface area contributed by atoms with E-state index < -0.39 is 12.1 Å². The molecule has 0 aliphatic heterocycles. The summed E-state index contributed by atoms with van der Waals surface area (Å²) in [6.45, 7) is 0. The van der Waals surface area contributed by atoms with Gasteiger partial charge in [0, 0.05) is 6.42 Å². The smallest absolute Gasteiger partial charge is 0.337 e. The number of nitrogens with zero attached hydrogens (tertiary/aromatic N) is 1. The number of aliphatic hydroxyl groups is 1. The molecule has 2 N–H and O–H groups in total. The van der Waals surface area contributed by atoms with Crippen LogP contribution in [0.2, 0.25) is 0 Å². The third kappa shape index (κ3) is 3.08. The summed E-state index contributed by atoms with van der Waals surface area (Å²) in [6, 6.07) is 8.64. The molecular formula is C11H11NO3. The Labute approximate surface area is 87.4 Å². The number of carboxylic acids is 1. The minimum Gasteiger partial charge on any atom is -0.479 e. The summed E-state index contributed by atoms with van der Waals surface area (Å²) in [5, 5.41) is 26.3. The fourth-order valence-corrected chi connectivity index (χ4v) is 1.26. The minimum absolute atomic E-state index is 0.345. The van der Waals surface area contributed by atoms with Crippen molar-refractivity contribution in [3.05, 3.63) is 35.4 Å². The zero-order valence-corrected chi connectivity index (χ0v) is 8.05. The molecule has 15 heavy (non-hydrogen) atoms. The van der Waals surface area contributed by atoms with Crippen LogP contribution >= 0.6 is 0 Å². The first-order chi connectivity index (χ1) is 7.15. The molecule has 4 nitrogen and oxygen atoms in total. The van der Waals surface area contributed by atoms with Gasteiger partial charge in [0.1, 0.15) is 0 Å². The zero-order valence-electron chi connectivity index (χ0n) is 8.05. The highest BCUT2D eigenvalue weighted by Gasteiger charge is 2.15. The van der Waals surface area contributed by atoms with Crippen LogP contribution in [0.25, 0.3) is 0 Å². The molecule has 0 aromatic heterocycles. The highest BCUT2D eigenvalue weighted by molar-refractivity contribution is 5.74. The van der Waals surface area contributed by atoms with E-state index >= 15 is 0 Å². The number of carbonyl (C=O) groups is 1. The van der Waals surface area contributed by atoms with E-state index in [0.29, 0.717) is 18.4 Å². The Kier molecular flexibility index (Phi) is 3.83. The second-order valence-corrected chi connectivity index (χ2v) is 3.14. The van der Waals surface area contributed by atoms with E-state index in [-0.39, 0.29) is 0 Å². The van der Waals surface area contributed by atoms with E-state index in [1.807, 2.05) is 6.07 Å². The summed E-state index contributed by atoms with van der Waals surface area (Å²) in [7, 11) is 0. The van der Waals surface area contributed by atoms with Crippen LogP contribution in [0.3, 0.4) is 0 Å². The van der Waals surface area contributed by atoms with Crippen molar-refractivity contribution in [2.45, 2.75) is 18.9 Å². The van der Waals surface area contributed by atoms with Gasteiger partial charge in [0.25, 0.3) is 0 Å². The molecule has 0 fully saturated rings. The Hall–Kier alpha value is -1.86. The van der Waals surface area contributed by atoms with Gasteiger partial charge in [-0.3, -0.25) is 0 Å². The first-order valence-electron chi connectivity index (χ1n) is 4.52. The largest absolute Gasteiger partial charge is 0.479 e. The molecule has 0 saturated carbocycles. The predicted molar refractivity (Wildman–Crippen MR) is 53.0 cm³/mol. The Morgan fingerprint density at radius 2 is 2.27 bits per heavy atom. The molecule has 1 aromatic rings. The lowest BCUT2D eigenvalue weighted by atomic mass is 10.0. The second-order valence-electron chi connectivity index (χ2n) is 3.14. The van der Waals surface area contributed by atoms with Crippen molar-refractivity contribution >= 4 is 5.97 Å². The van der Waals surface area contributed by atoms with Crippen LogP contribution in [0.15, 0.2) is 24.3 Å². The van der Waals surface area contributed by atoms with Crippen LogP contribution in [0.5, 0.6) is 0 Å². The summed E-state index contributed by atoms with van der Waals surface area (Å²) in [6.07, 6.45) is -0.546. The highest BCUT2D eigenvalue weighted by Crippen LogP contribution is 2.15. The number of benzene rings is 1. The van der Waals surface area contributed by atoms with Crippen molar-refractivity contribution in [1.82, 2.24) is 0 Å². The maximum absolute atomic E-state index is 10.5. The summed E-state index contributed by atoms with van der Waals surface area (Å²) in [5.41, 5.74) is 1.20. The Morgan fingerprint density at radius 3 is 2.87 bits per heavy atom. The SMILES string of the molecule is N#CCCc1cccc(C(O)C(=O)O)c1. The van der Waals surface area contributed by atoms with Gasteiger partial charge in [-0.1, -0.05) is 24.3 Å². The maximum Gasteiger partial charge on any atom is 0.337 e. The van der Waals surface area contributed by atoms with Crippen LogP contribution in [-0.4, -0.2) is 16.2 Å². The lowest BCUT2D eigenvalue weighted by Crippen LogP contribution is -2.10. The molecule has 1 aromatic carbocycles. The Bertz CT molecular complexity index is 395. The van der Waals surface area contributed by atoms with E-state index in [1.165, 1.54) is 0 Å². The molecule has 0 heterocycles. The summed E-state index contributed by atoms with van der Waals surface area (Å²) in [4.78, 5) is 10.5. The first kappa shape index (κ1) is 11.2. The standard InChI is InChI=1S/C11H11NO3/c12-6-2-4-8-3-1-5-9(7-8)10(13)11(14)15/h1,3,5,7,10,13H,2,4H2,(H,14,15). The van der Waals surface area contributed by atoms with Crippen LogP contribution in [0.4, 0.5) is 0 Å². The molecule has 1 atom stereocenters. The molecule has 0 aliphatic rings. The van der Waals surface area contributed by atoms with Gasteiger partial charge < -0.3 is 10.2 Å². The van der Waals surface area contributed by atoms with Gasteiger partial charge in [0.2, 0.25) is 0 Å². The molecule has 0 radical (unpaired) electrons. The molecule has 0 amide bonds. The lowest BCUT2D eigenvalue weighted by Gasteiger charge is -2.07. The number of aliphatic hydroxyl groups excluding tert-OH is 1. The van der Waals surface area contributed by atoms with Crippen LogP contribution in [-0.2, 0) is 11.2 Å². The number of rotatable bonds is 4. The van der Waals surface area contributed by atoms with Gasteiger partial charge in [0.15, 0.2) is 6.10 Å². The normalized spacial score (nSPS) is 11.7. The van der Waals surface area contributed by atoms with Gasteiger partial charge in [-0.15, -0.1) is 0 Å². The number of hydrogen-bond donors (Lipinski definition) is 2. The van der Waals surface area contributed by atoms with Crippen molar-refractivity contribution < 1.29 is 15.0 Å². The zero-order chi connectivity index (χ0) is 11.3. The van der Waals surface area contributed by atoms with Gasteiger partial charge in [-0.2, -0.15) is 5.26 Å². The molecule has 0 bridgehead atoms. The number of aryl methyl sites for hydroxylation is 1. The molecule has 1 rings (SSSR count). The highest BCUT2D eigenvalue weighted by atomic mass is 16.4. The van der Waals surface area contributed by atoms with E-state index in [9.17, 15) is 9.90 Å². The number of carboxylic acid groups (broad SMARTS) is 1. The van der Waals surface area contributed by atoms with E-state index in [4.69, 9.17) is 10.4 Å². The average molecular weight is 205 g/mol. The Balaban J connectivity index is 2.83. The summed E-state index contributed by atoms with van der Waals surface area (Å²) < 4.78 is 0. The van der Waals surface area contributed by atoms with Crippen molar-refractivity contribution in [3.8, 4) is 6.07 Å². The first-order valence-corrected chi connectivity index (χ1v) is 4.52. The van der Waals surface area contributed by atoms with Crippen molar-refractivity contribution in [2.24, 2.45) is 0 Å². The molecule has 0 saturated heterocycles. The summed E-state index contributed by atoms with van der Waals surface area (Å²) >= 11 is 0. The fourth-order valence-electron chi connectivity index (χ4n) is 1.26. The summed E-state index contributed by atoms with van der Waals surface area (Å²) in [5.74, 6) is -1.27. The lowest BCUT2D eigenvalue weighted by molar-refractivity contribution is -0.146. The third-order valence-electron chi connectivity index (χ3n) is 2.03. The van der Waals surface area contributed by atoms with Gasteiger partial charge in [0.05, 0.1) is 6.07 Å². The quantitative estimate of drug-likeness (QED) is 0.775. The van der Waals surface area contributed by atoms with Crippen LogP contribution < -0.4 is 0 Å². The minimum atomic E-state index is -1.49. The molecule has 0 aliphatic carbocycles. The Morgan fingerprint density at radius 1 is 1.53 bits per heavy atom. The second kappa shape index (κ2) is 5.13. The van der Waals surface area contributed by atoms with E-state index in [1.54, 1.807) is 24.3 Å². The third-order valence-corrected chi connectivity index (χ3v) is 2.03. The van der Waals surface area contributed by atoms with Gasteiger partial charge >= 0.3 is 5.97 Å². The maximum atomic E-state index is 10.5. The van der Waals surface area contributed by atoms with Crippen molar-refractivity contribution in [3.63, 3.8) is 0 Å². The van der Waals surface area contributed by atoms with Gasteiger partial charge in [-0.05, 0) is 17.5 Å². The number of aliphatic carboxylic acids is 1. The van der Waals surface area contributed by atoms with E-state index in [2.05, 4.69) is 0 Å².